The molecular weight excluding hydrogens is 375 g/mol. The smallest absolute Gasteiger partial charge is 0.254 e. The molecular formula is C21H25FN4O3. The van der Waals surface area contributed by atoms with E-state index in [9.17, 15) is 14.0 Å². The van der Waals surface area contributed by atoms with E-state index >= 15 is 0 Å². The Labute approximate surface area is 169 Å². The van der Waals surface area contributed by atoms with Gasteiger partial charge < -0.3 is 15.0 Å². The second-order valence-electron chi connectivity index (χ2n) is 7.15. The molecule has 1 atom stereocenters. The molecule has 0 radical (unpaired) electrons. The minimum absolute atomic E-state index is 0.0364. The summed E-state index contributed by atoms with van der Waals surface area (Å²) >= 11 is 0. The summed E-state index contributed by atoms with van der Waals surface area (Å²) in [6.45, 7) is 3.40. The Balaban J connectivity index is 1.63. The molecule has 2 heterocycles. The maximum absolute atomic E-state index is 13.0. The van der Waals surface area contributed by atoms with Gasteiger partial charge in [-0.05, 0) is 37.5 Å². The Hall–Kier alpha value is -2.87. The number of rotatable bonds is 6. The van der Waals surface area contributed by atoms with Crippen molar-refractivity contribution >= 4 is 11.8 Å². The van der Waals surface area contributed by atoms with Gasteiger partial charge in [-0.25, -0.2) is 14.4 Å². The fourth-order valence-corrected chi connectivity index (χ4v) is 3.41. The first-order valence-electron chi connectivity index (χ1n) is 9.61. The zero-order chi connectivity index (χ0) is 20.8. The molecule has 0 spiro atoms. The largest absolute Gasteiger partial charge is 0.375 e. The molecule has 3 rings (SSSR count). The molecule has 0 saturated carbocycles. The number of carbonyl (C=O) groups is 2. The third-order valence-corrected chi connectivity index (χ3v) is 5.02. The first kappa shape index (κ1) is 20.9. The van der Waals surface area contributed by atoms with Crippen LogP contribution in [0.2, 0.25) is 0 Å². The molecule has 1 aromatic carbocycles. The van der Waals surface area contributed by atoms with E-state index in [1.807, 2.05) is 0 Å². The molecule has 29 heavy (non-hydrogen) atoms. The molecule has 1 fully saturated rings. The zero-order valence-electron chi connectivity index (χ0n) is 16.7. The highest BCUT2D eigenvalue weighted by atomic mass is 19.1. The first-order valence-corrected chi connectivity index (χ1v) is 9.61. The highest BCUT2D eigenvalue weighted by Gasteiger charge is 2.27. The van der Waals surface area contributed by atoms with Crippen LogP contribution in [0.4, 0.5) is 4.39 Å². The van der Waals surface area contributed by atoms with Crippen LogP contribution in [0.5, 0.6) is 0 Å². The molecule has 2 amide bonds. The number of aromatic nitrogens is 2. The van der Waals surface area contributed by atoms with Crippen LogP contribution in [0.3, 0.4) is 0 Å². The third-order valence-electron chi connectivity index (χ3n) is 5.02. The van der Waals surface area contributed by atoms with Crippen molar-refractivity contribution in [1.82, 2.24) is 20.2 Å². The predicted molar refractivity (Wildman–Crippen MR) is 105 cm³/mol. The van der Waals surface area contributed by atoms with Gasteiger partial charge in [0, 0.05) is 38.9 Å². The SMILES string of the molecule is COCC(=O)N1CCC[C@@H](c2ncc(C(=O)NCc3ccc(F)cc3)c(C)n2)C1. The lowest BCUT2D eigenvalue weighted by Crippen LogP contribution is -2.41. The number of likely N-dealkylation sites (tertiary alicyclic amines) is 1. The van der Waals surface area contributed by atoms with Gasteiger partial charge in [-0.2, -0.15) is 0 Å². The number of ether oxygens (including phenoxy) is 1. The second-order valence-corrected chi connectivity index (χ2v) is 7.15. The van der Waals surface area contributed by atoms with Gasteiger partial charge >= 0.3 is 0 Å². The quantitative estimate of drug-likeness (QED) is 0.804. The van der Waals surface area contributed by atoms with E-state index in [1.165, 1.54) is 25.4 Å². The first-order chi connectivity index (χ1) is 14.0. The number of nitrogens with one attached hydrogen (secondary N) is 1. The average molecular weight is 400 g/mol. The summed E-state index contributed by atoms with van der Waals surface area (Å²) in [7, 11) is 1.51. The van der Waals surface area contributed by atoms with E-state index in [4.69, 9.17) is 4.74 Å². The molecule has 1 saturated heterocycles. The van der Waals surface area contributed by atoms with Gasteiger partial charge in [-0.15, -0.1) is 0 Å². The van der Waals surface area contributed by atoms with Crippen molar-refractivity contribution in [2.45, 2.75) is 32.2 Å². The molecule has 0 aliphatic carbocycles. The average Bonchev–Trinajstić information content (AvgIpc) is 2.73. The lowest BCUT2D eigenvalue weighted by Gasteiger charge is -2.32. The second kappa shape index (κ2) is 9.56. The van der Waals surface area contributed by atoms with Gasteiger partial charge in [0.25, 0.3) is 5.91 Å². The monoisotopic (exact) mass is 400 g/mol. The van der Waals surface area contributed by atoms with E-state index in [-0.39, 0.29) is 30.2 Å². The van der Waals surface area contributed by atoms with Crippen LogP contribution in [0.25, 0.3) is 0 Å². The van der Waals surface area contributed by atoms with Crippen LogP contribution in [-0.2, 0) is 16.1 Å². The van der Waals surface area contributed by atoms with Crippen LogP contribution < -0.4 is 5.32 Å². The van der Waals surface area contributed by atoms with Crippen molar-refractivity contribution in [1.29, 1.82) is 0 Å². The van der Waals surface area contributed by atoms with Crippen molar-refractivity contribution < 1.29 is 18.7 Å². The van der Waals surface area contributed by atoms with Crippen molar-refractivity contribution in [3.05, 3.63) is 58.9 Å². The van der Waals surface area contributed by atoms with Gasteiger partial charge in [-0.3, -0.25) is 9.59 Å². The van der Waals surface area contributed by atoms with Crippen molar-refractivity contribution in [2.75, 3.05) is 26.8 Å². The molecule has 2 aromatic rings. The summed E-state index contributed by atoms with van der Waals surface area (Å²) in [5.74, 6) is 0.0572. The maximum Gasteiger partial charge on any atom is 0.254 e. The minimum Gasteiger partial charge on any atom is -0.375 e. The highest BCUT2D eigenvalue weighted by Crippen LogP contribution is 2.25. The van der Waals surface area contributed by atoms with E-state index in [2.05, 4.69) is 15.3 Å². The summed E-state index contributed by atoms with van der Waals surface area (Å²) in [6, 6.07) is 5.97. The van der Waals surface area contributed by atoms with Gasteiger partial charge in [-0.1, -0.05) is 12.1 Å². The number of hydrogen-bond acceptors (Lipinski definition) is 5. The van der Waals surface area contributed by atoms with E-state index in [0.29, 0.717) is 36.7 Å². The number of carbonyl (C=O) groups excluding carboxylic acids is 2. The summed E-state index contributed by atoms with van der Waals surface area (Å²) in [6.07, 6.45) is 3.31. The van der Waals surface area contributed by atoms with Crippen molar-refractivity contribution in [2.24, 2.45) is 0 Å². The fraction of sp³-hybridized carbons (Fsp3) is 0.429. The number of aryl methyl sites for hydroxylation is 1. The Bertz CT molecular complexity index is 873. The van der Waals surface area contributed by atoms with E-state index in [1.54, 1.807) is 24.0 Å². The molecule has 154 valence electrons. The lowest BCUT2D eigenvalue weighted by atomic mass is 9.97. The molecule has 0 unspecified atom stereocenters. The molecule has 0 bridgehead atoms. The molecule has 1 aliphatic rings. The molecule has 8 heteroatoms. The summed E-state index contributed by atoms with van der Waals surface area (Å²) in [5.41, 5.74) is 1.80. The van der Waals surface area contributed by atoms with Crippen LogP contribution >= 0.6 is 0 Å². The molecule has 7 nitrogen and oxygen atoms in total. The Morgan fingerprint density at radius 2 is 2.07 bits per heavy atom. The third kappa shape index (κ3) is 5.35. The number of piperidine rings is 1. The summed E-state index contributed by atoms with van der Waals surface area (Å²) < 4.78 is 17.9. The van der Waals surface area contributed by atoms with Crippen molar-refractivity contribution in [3.63, 3.8) is 0 Å². The number of benzene rings is 1. The molecule has 1 aliphatic heterocycles. The molecule has 1 aromatic heterocycles. The normalized spacial score (nSPS) is 16.5. The number of amides is 2. The van der Waals surface area contributed by atoms with E-state index < -0.39 is 0 Å². The maximum atomic E-state index is 13.0. The topological polar surface area (TPSA) is 84.4 Å². The molecule has 1 N–H and O–H groups in total. The summed E-state index contributed by atoms with van der Waals surface area (Å²) in [5, 5.41) is 2.80. The standard InChI is InChI=1S/C21H25FN4O3/c1-14-18(21(28)24-10-15-5-7-17(22)8-6-15)11-23-20(25-14)16-4-3-9-26(12-16)19(27)13-29-2/h5-8,11,16H,3-4,9-10,12-13H2,1-2H3,(H,24,28)/t16-/m1/s1. The van der Waals surface area contributed by atoms with Crippen molar-refractivity contribution in [3.8, 4) is 0 Å². The van der Waals surface area contributed by atoms with Crippen LogP contribution in [0.15, 0.2) is 30.5 Å². The number of methoxy groups -OCH3 is 1. The predicted octanol–water partition coefficient (Wildman–Crippen LogP) is 2.21. The number of halogens is 1. The zero-order valence-corrected chi connectivity index (χ0v) is 16.7. The van der Waals surface area contributed by atoms with Gasteiger partial charge in [0.15, 0.2) is 0 Å². The van der Waals surface area contributed by atoms with Gasteiger partial charge in [0.1, 0.15) is 18.2 Å². The Morgan fingerprint density at radius 3 is 2.76 bits per heavy atom. The number of nitrogens with zero attached hydrogens (tertiary/aromatic N) is 3. The van der Waals surface area contributed by atoms with Crippen LogP contribution in [0.1, 0.15) is 46.2 Å². The minimum atomic E-state index is -0.315. The van der Waals surface area contributed by atoms with Gasteiger partial charge in [0.05, 0.1) is 11.3 Å². The Kier molecular flexibility index (Phi) is 6.87. The van der Waals surface area contributed by atoms with Crippen LogP contribution in [-0.4, -0.2) is 53.5 Å². The number of hydrogen-bond donors (Lipinski definition) is 1. The van der Waals surface area contributed by atoms with E-state index in [0.717, 1.165) is 18.4 Å². The fourth-order valence-electron chi connectivity index (χ4n) is 3.41. The summed E-state index contributed by atoms with van der Waals surface area (Å²) in [4.78, 5) is 35.3. The Morgan fingerprint density at radius 1 is 1.31 bits per heavy atom. The lowest BCUT2D eigenvalue weighted by molar-refractivity contribution is -0.136. The highest BCUT2D eigenvalue weighted by molar-refractivity contribution is 5.94. The van der Waals surface area contributed by atoms with Crippen LogP contribution in [0, 0.1) is 12.7 Å². The van der Waals surface area contributed by atoms with Gasteiger partial charge in [0.2, 0.25) is 5.91 Å².